The van der Waals surface area contributed by atoms with Gasteiger partial charge in [-0.15, -0.1) is 11.3 Å². The predicted molar refractivity (Wildman–Crippen MR) is 168 cm³/mol. The van der Waals surface area contributed by atoms with Crippen molar-refractivity contribution in [1.82, 2.24) is 4.98 Å². The highest BCUT2D eigenvalue weighted by Gasteiger charge is 2.54. The van der Waals surface area contributed by atoms with Crippen molar-refractivity contribution in [3.63, 3.8) is 0 Å². The predicted octanol–water partition coefficient (Wildman–Crippen LogP) is 8.59. The summed E-state index contributed by atoms with van der Waals surface area (Å²) >= 11 is 7.89. The molecular formula is C34H37ClN2O3S. The average molecular weight is 589 g/mol. The van der Waals surface area contributed by atoms with E-state index >= 15 is 0 Å². The number of carbonyl (C=O) groups is 1. The van der Waals surface area contributed by atoms with Crippen molar-refractivity contribution in [2.24, 2.45) is 11.8 Å². The van der Waals surface area contributed by atoms with Crippen LogP contribution in [-0.2, 0) is 16.6 Å². The molecule has 2 atom stereocenters. The number of pyridine rings is 1. The number of carboxylic acid groups (broad SMARTS) is 1. The van der Waals surface area contributed by atoms with E-state index in [0.717, 1.165) is 47.3 Å². The standard InChI is InChI=1S/C34H37ClN2O3S/c1-21(20-40-30-7-13-36-29-8-14-41-31(29)30)15-25-18-24-16-22(2)23(3)17-28(24)33(25)9-11-34(12-10-33,32(38)39)37-27-6-4-5-26(35)19-27/h4-8,13-14,16-17,19,21,25,37H,9-12,15,18,20H2,1-3H3,(H,38,39)/t21-,25?,33?,34?/m1/s1. The SMILES string of the molecule is Cc1cc2c(cc1C)C1(CCC(Nc3cccc(Cl)c3)(C(=O)O)CC1)C(C[C@@H](C)COc1ccnc3ccsc13)C2. The Balaban J connectivity index is 1.24. The second-order valence-electron chi connectivity index (χ2n) is 12.3. The van der Waals surface area contributed by atoms with E-state index in [0.29, 0.717) is 36.3 Å². The smallest absolute Gasteiger partial charge is 0.329 e. The van der Waals surface area contributed by atoms with Crippen LogP contribution in [0.25, 0.3) is 10.2 Å². The van der Waals surface area contributed by atoms with E-state index in [1.165, 1.54) is 22.3 Å². The Bertz CT molecular complexity index is 1590. The maximum atomic E-state index is 12.8. The summed E-state index contributed by atoms with van der Waals surface area (Å²) in [6.45, 7) is 7.31. The number of carboxylic acids is 1. The molecule has 2 aliphatic carbocycles. The quantitative estimate of drug-likeness (QED) is 0.216. The molecule has 1 saturated carbocycles. The van der Waals surface area contributed by atoms with Gasteiger partial charge in [0.1, 0.15) is 11.3 Å². The minimum atomic E-state index is -1.01. The molecule has 0 amide bonds. The first-order chi connectivity index (χ1) is 19.7. The van der Waals surface area contributed by atoms with Gasteiger partial charge in [-0.2, -0.15) is 0 Å². The first-order valence-electron chi connectivity index (χ1n) is 14.5. The summed E-state index contributed by atoms with van der Waals surface area (Å²) in [7, 11) is 0. The Hall–Kier alpha value is -3.09. The number of nitrogens with one attached hydrogen (secondary N) is 1. The number of nitrogens with zero attached hydrogens (tertiary/aromatic N) is 1. The second kappa shape index (κ2) is 11.0. The molecule has 41 heavy (non-hydrogen) atoms. The highest BCUT2D eigenvalue weighted by Crippen LogP contribution is 2.56. The number of hydrogen-bond acceptors (Lipinski definition) is 5. The molecule has 2 aromatic carbocycles. The van der Waals surface area contributed by atoms with E-state index in [2.05, 4.69) is 48.6 Å². The van der Waals surface area contributed by atoms with Crippen LogP contribution in [0.4, 0.5) is 5.69 Å². The van der Waals surface area contributed by atoms with E-state index in [1.54, 1.807) is 11.3 Å². The summed E-state index contributed by atoms with van der Waals surface area (Å²) < 4.78 is 7.45. The van der Waals surface area contributed by atoms with E-state index in [-0.39, 0.29) is 5.41 Å². The number of aromatic nitrogens is 1. The van der Waals surface area contributed by atoms with Crippen LogP contribution in [0.15, 0.2) is 60.1 Å². The lowest BCUT2D eigenvalue weighted by Crippen LogP contribution is -2.53. The Morgan fingerprint density at radius 1 is 1.15 bits per heavy atom. The number of aliphatic carboxylic acids is 1. The van der Waals surface area contributed by atoms with E-state index < -0.39 is 11.5 Å². The van der Waals surface area contributed by atoms with Gasteiger partial charge >= 0.3 is 5.97 Å². The van der Waals surface area contributed by atoms with Gasteiger partial charge in [0.2, 0.25) is 0 Å². The summed E-state index contributed by atoms with van der Waals surface area (Å²) in [4.78, 5) is 17.2. The Morgan fingerprint density at radius 2 is 1.93 bits per heavy atom. The number of aryl methyl sites for hydroxylation is 2. The molecule has 0 saturated heterocycles. The van der Waals surface area contributed by atoms with Gasteiger partial charge in [0.05, 0.1) is 16.8 Å². The van der Waals surface area contributed by atoms with Crippen molar-refractivity contribution in [1.29, 1.82) is 0 Å². The number of halogens is 1. The lowest BCUT2D eigenvalue weighted by molar-refractivity contribution is -0.144. The van der Waals surface area contributed by atoms with Gasteiger partial charge < -0.3 is 15.2 Å². The van der Waals surface area contributed by atoms with Gasteiger partial charge in [-0.3, -0.25) is 4.98 Å². The van der Waals surface area contributed by atoms with Crippen molar-refractivity contribution in [3.8, 4) is 5.75 Å². The summed E-state index contributed by atoms with van der Waals surface area (Å²) in [6, 6.07) is 16.1. The Labute approximate surface area is 250 Å². The van der Waals surface area contributed by atoms with Gasteiger partial charge in [-0.25, -0.2) is 4.79 Å². The van der Waals surface area contributed by atoms with Crippen LogP contribution < -0.4 is 10.1 Å². The molecule has 2 aromatic heterocycles. The molecule has 2 N–H and O–H groups in total. The number of anilines is 1. The van der Waals surface area contributed by atoms with Crippen molar-refractivity contribution < 1.29 is 14.6 Å². The van der Waals surface area contributed by atoms with Gasteiger partial charge in [-0.1, -0.05) is 36.7 Å². The Morgan fingerprint density at radius 3 is 2.68 bits per heavy atom. The first kappa shape index (κ1) is 28.0. The van der Waals surface area contributed by atoms with E-state index in [9.17, 15) is 9.90 Å². The molecule has 214 valence electrons. The highest BCUT2D eigenvalue weighted by atomic mass is 35.5. The number of benzene rings is 2. The van der Waals surface area contributed by atoms with Crippen molar-refractivity contribution in [3.05, 3.63) is 87.4 Å². The van der Waals surface area contributed by atoms with Gasteiger partial charge in [0.15, 0.2) is 0 Å². The normalized spacial score (nSPS) is 24.3. The van der Waals surface area contributed by atoms with Crippen LogP contribution in [-0.4, -0.2) is 28.2 Å². The third kappa shape index (κ3) is 5.21. The molecule has 1 unspecified atom stereocenters. The summed E-state index contributed by atoms with van der Waals surface area (Å²) in [5.41, 5.74) is 6.21. The fraction of sp³-hybridized carbons (Fsp3) is 0.412. The van der Waals surface area contributed by atoms with Crippen LogP contribution in [0.5, 0.6) is 5.75 Å². The maximum Gasteiger partial charge on any atom is 0.329 e. The molecule has 0 radical (unpaired) electrons. The van der Waals surface area contributed by atoms with Crippen LogP contribution in [0.2, 0.25) is 5.02 Å². The molecule has 2 aliphatic rings. The molecule has 1 spiro atoms. The van der Waals surface area contributed by atoms with Crippen molar-refractivity contribution >= 4 is 44.8 Å². The first-order valence-corrected chi connectivity index (χ1v) is 15.8. The molecule has 4 aromatic rings. The summed E-state index contributed by atoms with van der Waals surface area (Å²) in [5.74, 6) is 0.909. The van der Waals surface area contributed by atoms with Gasteiger partial charge in [-0.05, 0) is 128 Å². The maximum absolute atomic E-state index is 12.8. The van der Waals surface area contributed by atoms with Crippen molar-refractivity contribution in [2.75, 3.05) is 11.9 Å². The molecule has 5 nitrogen and oxygen atoms in total. The summed E-state index contributed by atoms with van der Waals surface area (Å²) in [5, 5.41) is 16.5. The number of hydrogen-bond donors (Lipinski definition) is 2. The minimum Gasteiger partial charge on any atom is -0.492 e. The largest absolute Gasteiger partial charge is 0.492 e. The molecule has 2 heterocycles. The molecule has 7 heteroatoms. The zero-order chi connectivity index (χ0) is 28.8. The van der Waals surface area contributed by atoms with Crippen LogP contribution >= 0.6 is 22.9 Å². The number of rotatable bonds is 8. The highest BCUT2D eigenvalue weighted by molar-refractivity contribution is 7.17. The zero-order valence-electron chi connectivity index (χ0n) is 23.9. The molecule has 0 bridgehead atoms. The fourth-order valence-corrected chi connectivity index (χ4v) is 8.29. The monoisotopic (exact) mass is 588 g/mol. The van der Waals surface area contributed by atoms with Crippen LogP contribution in [0, 0.1) is 25.7 Å². The van der Waals surface area contributed by atoms with Crippen LogP contribution in [0.3, 0.4) is 0 Å². The molecular weight excluding hydrogens is 552 g/mol. The minimum absolute atomic E-state index is 0.0330. The lowest BCUT2D eigenvalue weighted by Gasteiger charge is -2.47. The van der Waals surface area contributed by atoms with Crippen molar-refractivity contribution in [2.45, 2.75) is 70.3 Å². The van der Waals surface area contributed by atoms with Crippen LogP contribution in [0.1, 0.15) is 61.3 Å². The zero-order valence-corrected chi connectivity index (χ0v) is 25.4. The van der Waals surface area contributed by atoms with E-state index in [1.807, 2.05) is 42.6 Å². The third-order valence-corrected chi connectivity index (χ3v) is 10.8. The van der Waals surface area contributed by atoms with Gasteiger partial charge in [0, 0.05) is 16.9 Å². The topological polar surface area (TPSA) is 71.5 Å². The average Bonchev–Trinajstić information content (AvgIpc) is 3.53. The Kier molecular flexibility index (Phi) is 7.50. The lowest BCUT2D eigenvalue weighted by atomic mass is 9.59. The second-order valence-corrected chi connectivity index (χ2v) is 13.6. The molecule has 6 rings (SSSR count). The van der Waals surface area contributed by atoms with Gasteiger partial charge in [0.25, 0.3) is 0 Å². The molecule has 0 aliphatic heterocycles. The fourth-order valence-electron chi connectivity index (χ4n) is 7.28. The number of thiophene rings is 1. The molecule has 1 fully saturated rings. The third-order valence-electron chi connectivity index (χ3n) is 9.64. The number of fused-ring (bicyclic) bond motifs is 3. The van der Waals surface area contributed by atoms with E-state index in [4.69, 9.17) is 16.3 Å². The summed E-state index contributed by atoms with van der Waals surface area (Å²) in [6.07, 6.45) is 6.68. The number of ether oxygens (including phenoxy) is 1.